The number of nitrogens with zero attached hydrogens (tertiary/aromatic N) is 3. The van der Waals surface area contributed by atoms with Crippen molar-refractivity contribution in [3.8, 4) is 5.69 Å². The van der Waals surface area contributed by atoms with Crippen LogP contribution in [-0.2, 0) is 13.0 Å². The first-order valence-electron chi connectivity index (χ1n) is 11.6. The van der Waals surface area contributed by atoms with Crippen LogP contribution in [0.25, 0.3) is 5.69 Å². The number of likely N-dealkylation sites (tertiary alicyclic amines) is 1. The van der Waals surface area contributed by atoms with Crippen molar-refractivity contribution in [2.45, 2.75) is 44.6 Å². The second-order valence-electron chi connectivity index (χ2n) is 8.92. The number of rotatable bonds is 5. The molecule has 0 bridgehead atoms. The van der Waals surface area contributed by atoms with Crippen LogP contribution in [0.4, 0.5) is 5.82 Å². The van der Waals surface area contributed by atoms with Crippen molar-refractivity contribution < 1.29 is 9.90 Å². The van der Waals surface area contributed by atoms with Gasteiger partial charge in [-0.2, -0.15) is 5.10 Å². The fourth-order valence-electron chi connectivity index (χ4n) is 5.08. The summed E-state index contributed by atoms with van der Waals surface area (Å²) in [6, 6.07) is 17.8. The van der Waals surface area contributed by atoms with Gasteiger partial charge < -0.3 is 10.4 Å². The predicted molar refractivity (Wildman–Crippen MR) is 126 cm³/mol. The number of carboxylic acids is 1. The van der Waals surface area contributed by atoms with Gasteiger partial charge in [-0.1, -0.05) is 36.4 Å². The van der Waals surface area contributed by atoms with Gasteiger partial charge in [0.25, 0.3) is 0 Å². The number of carboxylic acid groups (broad SMARTS) is 1. The minimum Gasteiger partial charge on any atom is -0.478 e. The second kappa shape index (κ2) is 9.17. The monoisotopic (exact) mass is 430 g/mol. The molecule has 2 aliphatic rings. The lowest BCUT2D eigenvalue weighted by atomic mass is 9.91. The maximum atomic E-state index is 11.5. The summed E-state index contributed by atoms with van der Waals surface area (Å²) in [6.45, 7) is 4.02. The molecule has 3 heterocycles. The van der Waals surface area contributed by atoms with Crippen LogP contribution >= 0.6 is 0 Å². The van der Waals surface area contributed by atoms with Crippen molar-refractivity contribution in [2.75, 3.05) is 25.0 Å². The molecular formula is C26H30N4O2. The molecule has 2 N–H and O–H groups in total. The third kappa shape index (κ3) is 4.28. The molecule has 1 unspecified atom stereocenters. The summed E-state index contributed by atoms with van der Waals surface area (Å²) >= 11 is 0. The molecule has 1 fully saturated rings. The predicted octanol–water partition coefficient (Wildman–Crippen LogP) is 4.70. The van der Waals surface area contributed by atoms with Crippen LogP contribution in [0.3, 0.4) is 0 Å². The minimum absolute atomic E-state index is 0.286. The Bertz CT molecular complexity index is 1090. The Morgan fingerprint density at radius 2 is 1.97 bits per heavy atom. The Kier molecular flexibility index (Phi) is 5.95. The number of nitrogens with one attached hydrogen (secondary N) is 1. The molecule has 5 rings (SSSR count). The van der Waals surface area contributed by atoms with E-state index in [1.165, 1.54) is 23.2 Å². The molecule has 0 spiro atoms. The van der Waals surface area contributed by atoms with Gasteiger partial charge in [0, 0.05) is 31.1 Å². The van der Waals surface area contributed by atoms with E-state index in [-0.39, 0.29) is 5.56 Å². The lowest BCUT2D eigenvalue weighted by Crippen LogP contribution is -2.34. The van der Waals surface area contributed by atoms with Crippen LogP contribution < -0.4 is 5.32 Å². The molecule has 3 aromatic rings. The Hall–Kier alpha value is -3.12. The number of benzene rings is 2. The van der Waals surface area contributed by atoms with Crippen molar-refractivity contribution in [3.05, 3.63) is 77.0 Å². The normalized spacial score (nSPS) is 19.1. The standard InChI is InChI=1S/C26H30N4O2/c31-26(32)20-10-6-12-22(16-20)30-25-23(13-4-5-14-27-25)24(28-30)21-11-7-15-29(18-21)17-19-8-2-1-3-9-19/h1-3,6,8-10,12,16,21,27H,4-5,7,11,13-15,17-18H2,(H,31,32). The number of anilines is 1. The van der Waals surface area contributed by atoms with E-state index in [4.69, 9.17) is 5.10 Å². The molecule has 0 amide bonds. The summed E-state index contributed by atoms with van der Waals surface area (Å²) in [6.07, 6.45) is 5.61. The average Bonchev–Trinajstić information content (AvgIpc) is 3.01. The van der Waals surface area contributed by atoms with Gasteiger partial charge in [0.2, 0.25) is 0 Å². The van der Waals surface area contributed by atoms with Crippen molar-refractivity contribution in [3.63, 3.8) is 0 Å². The summed E-state index contributed by atoms with van der Waals surface area (Å²) in [5.41, 5.74) is 4.94. The van der Waals surface area contributed by atoms with Gasteiger partial charge in [0.15, 0.2) is 0 Å². The van der Waals surface area contributed by atoms with Crippen LogP contribution in [0, 0.1) is 0 Å². The zero-order valence-corrected chi connectivity index (χ0v) is 18.3. The van der Waals surface area contributed by atoms with Gasteiger partial charge in [-0.15, -0.1) is 0 Å². The number of piperidine rings is 1. The lowest BCUT2D eigenvalue weighted by Gasteiger charge is -2.32. The van der Waals surface area contributed by atoms with Crippen LogP contribution in [0.5, 0.6) is 0 Å². The molecular weight excluding hydrogens is 400 g/mol. The molecule has 6 nitrogen and oxygen atoms in total. The van der Waals surface area contributed by atoms with Crippen LogP contribution in [-0.4, -0.2) is 45.4 Å². The smallest absolute Gasteiger partial charge is 0.335 e. The van der Waals surface area contributed by atoms with E-state index in [2.05, 4.69) is 40.5 Å². The van der Waals surface area contributed by atoms with Crippen molar-refractivity contribution in [1.82, 2.24) is 14.7 Å². The lowest BCUT2D eigenvalue weighted by molar-refractivity contribution is 0.0697. The van der Waals surface area contributed by atoms with E-state index in [0.29, 0.717) is 5.92 Å². The maximum Gasteiger partial charge on any atom is 0.335 e. The highest BCUT2D eigenvalue weighted by atomic mass is 16.4. The molecule has 1 aromatic heterocycles. The zero-order valence-electron chi connectivity index (χ0n) is 18.3. The first-order chi connectivity index (χ1) is 15.7. The zero-order chi connectivity index (χ0) is 21.9. The van der Waals surface area contributed by atoms with Crippen LogP contribution in [0.15, 0.2) is 54.6 Å². The Balaban J connectivity index is 1.47. The first-order valence-corrected chi connectivity index (χ1v) is 11.6. The van der Waals surface area contributed by atoms with E-state index in [9.17, 15) is 9.90 Å². The van der Waals surface area contributed by atoms with Gasteiger partial charge >= 0.3 is 5.97 Å². The molecule has 1 atom stereocenters. The number of aromatic carboxylic acids is 1. The van der Waals surface area contributed by atoms with Gasteiger partial charge in [0.05, 0.1) is 16.9 Å². The highest BCUT2D eigenvalue weighted by molar-refractivity contribution is 5.88. The number of carbonyl (C=O) groups is 1. The summed E-state index contributed by atoms with van der Waals surface area (Å²) in [5.74, 6) is 0.521. The molecule has 166 valence electrons. The number of hydrogen-bond acceptors (Lipinski definition) is 4. The molecule has 1 saturated heterocycles. The Morgan fingerprint density at radius 1 is 1.09 bits per heavy atom. The third-order valence-electron chi connectivity index (χ3n) is 6.64. The van der Waals surface area contributed by atoms with E-state index < -0.39 is 5.97 Å². The Labute approximate surface area is 188 Å². The molecule has 0 radical (unpaired) electrons. The van der Waals surface area contributed by atoms with Gasteiger partial charge in [-0.25, -0.2) is 9.48 Å². The quantitative estimate of drug-likeness (QED) is 0.614. The average molecular weight is 431 g/mol. The van der Waals surface area contributed by atoms with Gasteiger partial charge in [-0.05, 0) is 62.4 Å². The van der Waals surface area contributed by atoms with E-state index in [1.54, 1.807) is 18.2 Å². The highest BCUT2D eigenvalue weighted by Crippen LogP contribution is 2.36. The van der Waals surface area contributed by atoms with Crippen molar-refractivity contribution in [1.29, 1.82) is 0 Å². The van der Waals surface area contributed by atoms with E-state index in [0.717, 1.165) is 63.4 Å². The summed E-state index contributed by atoms with van der Waals surface area (Å²) in [7, 11) is 0. The minimum atomic E-state index is -0.915. The second-order valence-corrected chi connectivity index (χ2v) is 8.92. The molecule has 2 aromatic carbocycles. The van der Waals surface area contributed by atoms with Crippen molar-refractivity contribution in [2.24, 2.45) is 0 Å². The first kappa shape index (κ1) is 20.8. The van der Waals surface area contributed by atoms with Crippen molar-refractivity contribution >= 4 is 11.8 Å². The molecule has 2 aliphatic heterocycles. The van der Waals surface area contributed by atoms with Gasteiger partial charge in [-0.3, -0.25) is 4.90 Å². The highest BCUT2D eigenvalue weighted by Gasteiger charge is 2.29. The molecule has 6 heteroatoms. The molecule has 0 aliphatic carbocycles. The van der Waals surface area contributed by atoms with E-state index >= 15 is 0 Å². The summed E-state index contributed by atoms with van der Waals surface area (Å²) in [4.78, 5) is 14.1. The fourth-order valence-corrected chi connectivity index (χ4v) is 5.08. The SMILES string of the molecule is O=C(O)c1cccc(-n2nc(C3CCCN(Cc4ccccc4)C3)c3c2NCCCC3)c1. The third-order valence-corrected chi connectivity index (χ3v) is 6.64. The number of aromatic nitrogens is 2. The summed E-state index contributed by atoms with van der Waals surface area (Å²) < 4.78 is 1.94. The summed E-state index contributed by atoms with van der Waals surface area (Å²) in [5, 5.41) is 18.1. The Morgan fingerprint density at radius 3 is 2.81 bits per heavy atom. The van der Waals surface area contributed by atoms with Crippen LogP contribution in [0.1, 0.15) is 58.8 Å². The maximum absolute atomic E-state index is 11.5. The molecule has 0 saturated carbocycles. The largest absolute Gasteiger partial charge is 0.478 e. The number of fused-ring (bicyclic) bond motifs is 1. The van der Waals surface area contributed by atoms with Crippen LogP contribution in [0.2, 0.25) is 0 Å². The number of hydrogen-bond donors (Lipinski definition) is 2. The molecule has 32 heavy (non-hydrogen) atoms. The van der Waals surface area contributed by atoms with Gasteiger partial charge in [0.1, 0.15) is 5.82 Å². The topological polar surface area (TPSA) is 70.4 Å². The van der Waals surface area contributed by atoms with E-state index in [1.807, 2.05) is 10.7 Å². The fraction of sp³-hybridized carbons (Fsp3) is 0.385.